The van der Waals surface area contributed by atoms with E-state index in [1.165, 1.54) is 23.2 Å². The first-order chi connectivity index (χ1) is 17.2. The Bertz CT molecular complexity index is 1450. The number of rotatable bonds is 4. The highest BCUT2D eigenvalue weighted by atomic mass is 32.2. The third kappa shape index (κ3) is 4.10. The SMILES string of the molecule is COC(=O)c1ccccc1S(=O)(=O)n1c2c(c3cc(C(=O)N4CCC(C)CC4)ccc31)CN(C)CC2. The summed E-state index contributed by atoms with van der Waals surface area (Å²) in [5, 5.41) is 0.756. The zero-order valence-electron chi connectivity index (χ0n) is 20.9. The molecule has 36 heavy (non-hydrogen) atoms. The molecule has 0 spiro atoms. The molecule has 0 bridgehead atoms. The molecule has 3 aromatic rings. The average Bonchev–Trinajstić information content (AvgIpc) is 3.21. The molecule has 9 heteroatoms. The lowest BCUT2D eigenvalue weighted by molar-refractivity contribution is 0.0595. The fourth-order valence-electron chi connectivity index (χ4n) is 5.32. The first kappa shape index (κ1) is 24.5. The van der Waals surface area contributed by atoms with E-state index in [0.717, 1.165) is 36.9 Å². The van der Waals surface area contributed by atoms with Crippen molar-refractivity contribution in [1.82, 2.24) is 13.8 Å². The number of piperidine rings is 1. The van der Waals surface area contributed by atoms with Crippen LogP contribution >= 0.6 is 0 Å². The minimum Gasteiger partial charge on any atom is -0.465 e. The summed E-state index contributed by atoms with van der Waals surface area (Å²) in [6.07, 6.45) is 2.51. The Morgan fingerprint density at radius 1 is 1.03 bits per heavy atom. The number of esters is 1. The van der Waals surface area contributed by atoms with Crippen molar-refractivity contribution < 1.29 is 22.7 Å². The van der Waals surface area contributed by atoms with Crippen LogP contribution in [0.2, 0.25) is 0 Å². The first-order valence-electron chi connectivity index (χ1n) is 12.3. The Labute approximate surface area is 211 Å². The van der Waals surface area contributed by atoms with Gasteiger partial charge in [0, 0.05) is 49.2 Å². The molecule has 0 atom stereocenters. The molecule has 0 radical (unpaired) electrons. The smallest absolute Gasteiger partial charge is 0.339 e. The number of hydrogen-bond donors (Lipinski definition) is 0. The number of methoxy groups -OCH3 is 1. The predicted molar refractivity (Wildman–Crippen MR) is 137 cm³/mol. The number of carbonyl (C=O) groups is 2. The topological polar surface area (TPSA) is 88.9 Å². The lowest BCUT2D eigenvalue weighted by Crippen LogP contribution is -2.37. The molecule has 1 fully saturated rings. The van der Waals surface area contributed by atoms with Crippen molar-refractivity contribution in [2.75, 3.05) is 33.8 Å². The summed E-state index contributed by atoms with van der Waals surface area (Å²) in [5.74, 6) is -0.109. The average molecular weight is 510 g/mol. The Morgan fingerprint density at radius 3 is 2.47 bits per heavy atom. The molecule has 1 amide bonds. The maximum Gasteiger partial charge on any atom is 0.339 e. The maximum absolute atomic E-state index is 14.1. The largest absolute Gasteiger partial charge is 0.465 e. The number of ether oxygens (including phenoxy) is 1. The van der Waals surface area contributed by atoms with Crippen LogP contribution in [-0.4, -0.2) is 67.9 Å². The summed E-state index contributed by atoms with van der Waals surface area (Å²) in [5.41, 5.74) is 2.67. The van der Waals surface area contributed by atoms with Crippen molar-refractivity contribution >= 4 is 32.8 Å². The number of aromatic nitrogens is 1. The third-order valence-corrected chi connectivity index (χ3v) is 9.23. The Kier molecular flexibility index (Phi) is 6.38. The van der Waals surface area contributed by atoms with Crippen molar-refractivity contribution in [3.8, 4) is 0 Å². The number of benzene rings is 2. The molecule has 2 aromatic carbocycles. The van der Waals surface area contributed by atoms with Gasteiger partial charge < -0.3 is 14.5 Å². The highest BCUT2D eigenvalue weighted by Crippen LogP contribution is 2.35. The van der Waals surface area contributed by atoms with E-state index in [2.05, 4.69) is 11.8 Å². The quantitative estimate of drug-likeness (QED) is 0.500. The maximum atomic E-state index is 14.1. The van der Waals surface area contributed by atoms with Crippen molar-refractivity contribution in [3.63, 3.8) is 0 Å². The highest BCUT2D eigenvalue weighted by Gasteiger charge is 2.33. The Morgan fingerprint density at radius 2 is 1.75 bits per heavy atom. The highest BCUT2D eigenvalue weighted by molar-refractivity contribution is 7.90. The van der Waals surface area contributed by atoms with Gasteiger partial charge in [-0.3, -0.25) is 4.79 Å². The number of hydrogen-bond acceptors (Lipinski definition) is 6. The number of carbonyl (C=O) groups excluding carboxylic acids is 2. The molecule has 2 aliphatic rings. The molecule has 3 heterocycles. The van der Waals surface area contributed by atoms with Crippen LogP contribution in [0.15, 0.2) is 47.4 Å². The normalized spacial score (nSPS) is 17.2. The third-order valence-electron chi connectivity index (χ3n) is 7.42. The Balaban J connectivity index is 1.67. The minimum absolute atomic E-state index is 0.00495. The summed E-state index contributed by atoms with van der Waals surface area (Å²) in [6, 6.07) is 11.4. The Hall–Kier alpha value is -3.17. The van der Waals surface area contributed by atoms with Crippen molar-refractivity contribution in [2.45, 2.75) is 37.6 Å². The van der Waals surface area contributed by atoms with Crippen LogP contribution in [0.25, 0.3) is 10.9 Å². The number of nitrogens with zero attached hydrogens (tertiary/aromatic N) is 3. The van der Waals surface area contributed by atoms with Crippen molar-refractivity contribution in [1.29, 1.82) is 0 Å². The molecule has 1 aromatic heterocycles. The molecule has 0 N–H and O–H groups in total. The fourth-order valence-corrected chi connectivity index (χ4v) is 7.11. The van der Waals surface area contributed by atoms with Gasteiger partial charge in [-0.15, -0.1) is 0 Å². The second kappa shape index (κ2) is 9.37. The van der Waals surface area contributed by atoms with Gasteiger partial charge in [0.1, 0.15) is 4.90 Å². The van der Waals surface area contributed by atoms with E-state index in [0.29, 0.717) is 42.2 Å². The first-order valence-corrected chi connectivity index (χ1v) is 13.7. The lowest BCUT2D eigenvalue weighted by atomic mass is 9.98. The fraction of sp³-hybridized carbons (Fsp3) is 0.407. The lowest BCUT2D eigenvalue weighted by Gasteiger charge is -2.30. The van der Waals surface area contributed by atoms with E-state index in [-0.39, 0.29) is 16.4 Å². The number of likely N-dealkylation sites (N-methyl/N-ethyl adjacent to an activating group) is 1. The van der Waals surface area contributed by atoms with Crippen molar-refractivity contribution in [3.05, 3.63) is 64.8 Å². The van der Waals surface area contributed by atoms with Gasteiger partial charge in [0.05, 0.1) is 18.2 Å². The van der Waals surface area contributed by atoms with Crippen LogP contribution in [0.3, 0.4) is 0 Å². The van der Waals surface area contributed by atoms with Crippen LogP contribution < -0.4 is 0 Å². The van der Waals surface area contributed by atoms with E-state index in [1.54, 1.807) is 24.3 Å². The molecule has 8 nitrogen and oxygen atoms in total. The molecule has 0 unspecified atom stereocenters. The van der Waals surface area contributed by atoms with E-state index in [1.807, 2.05) is 18.0 Å². The van der Waals surface area contributed by atoms with E-state index >= 15 is 0 Å². The summed E-state index contributed by atoms with van der Waals surface area (Å²) in [6.45, 7) is 4.95. The predicted octanol–water partition coefficient (Wildman–Crippen LogP) is 3.52. The van der Waals surface area contributed by atoms with Gasteiger partial charge in [-0.1, -0.05) is 19.1 Å². The monoisotopic (exact) mass is 509 g/mol. The van der Waals surface area contributed by atoms with Gasteiger partial charge in [-0.2, -0.15) is 0 Å². The van der Waals surface area contributed by atoms with Gasteiger partial charge in [0.2, 0.25) is 0 Å². The van der Waals surface area contributed by atoms with Gasteiger partial charge in [0.25, 0.3) is 15.9 Å². The van der Waals surface area contributed by atoms with Crippen LogP contribution in [0, 0.1) is 5.92 Å². The van der Waals surface area contributed by atoms with Gasteiger partial charge >= 0.3 is 5.97 Å². The molecule has 1 saturated heterocycles. The minimum atomic E-state index is -4.12. The summed E-state index contributed by atoms with van der Waals surface area (Å²) in [4.78, 5) is 29.6. The molecule has 0 saturated carbocycles. The molecule has 190 valence electrons. The van der Waals surface area contributed by atoms with Gasteiger partial charge in [0.15, 0.2) is 0 Å². The van der Waals surface area contributed by atoms with Gasteiger partial charge in [-0.05, 0) is 61.7 Å². The molecule has 5 rings (SSSR count). The molecular weight excluding hydrogens is 478 g/mol. The van der Waals surface area contributed by atoms with Crippen LogP contribution in [0.4, 0.5) is 0 Å². The van der Waals surface area contributed by atoms with Crippen LogP contribution in [-0.2, 0) is 27.7 Å². The zero-order chi connectivity index (χ0) is 25.6. The van der Waals surface area contributed by atoms with E-state index < -0.39 is 16.0 Å². The number of likely N-dealkylation sites (tertiary alicyclic amines) is 1. The molecule has 0 aliphatic carbocycles. The molecular formula is C27H31N3O5S. The number of fused-ring (bicyclic) bond motifs is 3. The van der Waals surface area contributed by atoms with E-state index in [9.17, 15) is 18.0 Å². The van der Waals surface area contributed by atoms with E-state index in [4.69, 9.17) is 4.74 Å². The summed E-state index contributed by atoms with van der Waals surface area (Å²) in [7, 11) is -0.895. The standard InChI is InChI=1S/C27H31N3O5S/c1-18-10-14-29(15-11-18)26(31)19-8-9-23-21(16-19)22-17-28(2)13-12-24(22)30(23)36(33,34)25-7-5-4-6-20(25)27(32)35-3/h4-9,16,18H,10-15,17H2,1-3H3. The second-order valence-corrected chi connectivity index (χ2v) is 11.6. The molecule has 2 aliphatic heterocycles. The second-order valence-electron chi connectivity index (χ2n) is 9.88. The summed E-state index contributed by atoms with van der Waals surface area (Å²) >= 11 is 0. The zero-order valence-corrected chi connectivity index (χ0v) is 21.7. The number of amides is 1. The van der Waals surface area contributed by atoms with Crippen LogP contribution in [0.5, 0.6) is 0 Å². The van der Waals surface area contributed by atoms with Gasteiger partial charge in [-0.25, -0.2) is 17.2 Å². The van der Waals surface area contributed by atoms with Crippen molar-refractivity contribution in [2.24, 2.45) is 5.92 Å². The summed E-state index contributed by atoms with van der Waals surface area (Å²) < 4.78 is 34.3. The van der Waals surface area contributed by atoms with Crippen LogP contribution in [0.1, 0.15) is 51.7 Å².